The van der Waals surface area contributed by atoms with Gasteiger partial charge in [-0.25, -0.2) is 0 Å². The smallest absolute Gasteiger partial charge is 0.325 e. The van der Waals surface area contributed by atoms with Crippen molar-refractivity contribution in [1.29, 1.82) is 0 Å². The summed E-state index contributed by atoms with van der Waals surface area (Å²) < 4.78 is 4.89. The molecule has 1 heterocycles. The molecule has 0 radical (unpaired) electrons. The number of rotatable bonds is 1. The Morgan fingerprint density at radius 3 is 2.65 bits per heavy atom. The molecule has 1 aliphatic heterocycles. The highest BCUT2D eigenvalue weighted by Gasteiger charge is 2.59. The maximum absolute atomic E-state index is 12.1. The van der Waals surface area contributed by atoms with Crippen LogP contribution < -0.4 is 0 Å². The monoisotopic (exact) mass is 230 g/mol. The molecule has 1 aromatic rings. The van der Waals surface area contributed by atoms with Crippen molar-refractivity contribution >= 4 is 11.9 Å². The molecular weight excluding hydrogens is 216 g/mol. The van der Waals surface area contributed by atoms with Gasteiger partial charge >= 0.3 is 11.9 Å². The van der Waals surface area contributed by atoms with E-state index in [9.17, 15) is 9.59 Å². The van der Waals surface area contributed by atoms with E-state index in [4.69, 9.17) is 4.74 Å². The second kappa shape index (κ2) is 3.69. The second-order valence-electron chi connectivity index (χ2n) is 4.84. The van der Waals surface area contributed by atoms with Crippen LogP contribution in [-0.4, -0.2) is 11.9 Å². The zero-order valence-corrected chi connectivity index (χ0v) is 9.52. The van der Waals surface area contributed by atoms with E-state index in [1.165, 1.54) is 0 Å². The summed E-state index contributed by atoms with van der Waals surface area (Å²) in [6.45, 7) is 0. The highest BCUT2D eigenvalue weighted by molar-refractivity contribution is 6.03. The van der Waals surface area contributed by atoms with Gasteiger partial charge in [-0.1, -0.05) is 43.2 Å². The molecule has 0 N–H and O–H groups in total. The third-order valence-electron chi connectivity index (χ3n) is 4.04. The number of carbonyl (C=O) groups is 2. The van der Waals surface area contributed by atoms with Crippen LogP contribution in [0.1, 0.15) is 31.2 Å². The Morgan fingerprint density at radius 1 is 1.12 bits per heavy atom. The zero-order valence-electron chi connectivity index (χ0n) is 9.52. The summed E-state index contributed by atoms with van der Waals surface area (Å²) in [7, 11) is 0. The molecule has 88 valence electrons. The number of fused-ring (bicyclic) bond motifs is 1. The van der Waals surface area contributed by atoms with Gasteiger partial charge in [-0.15, -0.1) is 0 Å². The number of carbonyl (C=O) groups excluding carboxylic acids is 2. The normalized spacial score (nSPS) is 32.1. The molecule has 2 unspecified atom stereocenters. The zero-order chi connectivity index (χ0) is 11.9. The fourth-order valence-electron chi connectivity index (χ4n) is 3.19. The van der Waals surface area contributed by atoms with Crippen LogP contribution in [0.25, 0.3) is 0 Å². The van der Waals surface area contributed by atoms with E-state index in [0.717, 1.165) is 31.2 Å². The average molecular weight is 230 g/mol. The van der Waals surface area contributed by atoms with Crippen molar-refractivity contribution in [3.8, 4) is 0 Å². The van der Waals surface area contributed by atoms with Crippen molar-refractivity contribution < 1.29 is 14.3 Å². The quantitative estimate of drug-likeness (QED) is 0.548. The number of cyclic esters (lactones) is 2. The first-order valence-corrected chi connectivity index (χ1v) is 6.07. The lowest BCUT2D eigenvalue weighted by Gasteiger charge is -2.34. The Bertz CT molecular complexity index is 466. The third-order valence-corrected chi connectivity index (χ3v) is 4.04. The van der Waals surface area contributed by atoms with Gasteiger partial charge in [-0.3, -0.25) is 9.59 Å². The average Bonchev–Trinajstić information content (AvgIpc) is 2.64. The molecule has 0 spiro atoms. The van der Waals surface area contributed by atoms with Crippen molar-refractivity contribution in [2.45, 2.75) is 31.1 Å². The van der Waals surface area contributed by atoms with Crippen LogP contribution in [0, 0.1) is 5.92 Å². The highest BCUT2D eigenvalue weighted by Crippen LogP contribution is 2.49. The molecule has 3 nitrogen and oxygen atoms in total. The van der Waals surface area contributed by atoms with Gasteiger partial charge in [0, 0.05) is 0 Å². The molecule has 2 aliphatic rings. The lowest BCUT2D eigenvalue weighted by atomic mass is 9.64. The Balaban J connectivity index is 2.14. The van der Waals surface area contributed by atoms with Gasteiger partial charge in [-0.2, -0.15) is 0 Å². The van der Waals surface area contributed by atoms with Gasteiger partial charge in [-0.05, 0) is 18.4 Å². The first-order valence-electron chi connectivity index (χ1n) is 6.07. The van der Waals surface area contributed by atoms with Gasteiger partial charge in [0.05, 0.1) is 5.92 Å². The van der Waals surface area contributed by atoms with Crippen LogP contribution in [0.5, 0.6) is 0 Å². The van der Waals surface area contributed by atoms with E-state index in [-0.39, 0.29) is 17.9 Å². The van der Waals surface area contributed by atoms with Crippen LogP contribution in [-0.2, 0) is 19.7 Å². The summed E-state index contributed by atoms with van der Waals surface area (Å²) >= 11 is 0. The number of hydrogen-bond donors (Lipinski definition) is 0. The van der Waals surface area contributed by atoms with E-state index in [1.807, 2.05) is 30.3 Å². The standard InChI is InChI=1S/C14H14O3/c15-12-11-8-4-5-9-14(11,13(16)17-12)10-6-2-1-3-7-10/h1-3,6-7,11H,4-5,8-9H2. The fourth-order valence-corrected chi connectivity index (χ4v) is 3.19. The van der Waals surface area contributed by atoms with Gasteiger partial charge in [0.1, 0.15) is 5.41 Å². The molecule has 2 fully saturated rings. The molecule has 2 atom stereocenters. The van der Waals surface area contributed by atoms with Gasteiger partial charge in [0.2, 0.25) is 0 Å². The minimum atomic E-state index is -0.698. The molecule has 1 aromatic carbocycles. The van der Waals surface area contributed by atoms with E-state index in [1.54, 1.807) is 0 Å². The molecule has 1 aliphatic carbocycles. The lowest BCUT2D eigenvalue weighted by Crippen LogP contribution is -2.41. The summed E-state index contributed by atoms with van der Waals surface area (Å²) in [5.41, 5.74) is 0.233. The number of ether oxygens (including phenoxy) is 1. The number of benzene rings is 1. The molecule has 17 heavy (non-hydrogen) atoms. The van der Waals surface area contributed by atoms with Crippen molar-refractivity contribution in [3.63, 3.8) is 0 Å². The third kappa shape index (κ3) is 1.35. The number of esters is 2. The Morgan fingerprint density at radius 2 is 1.88 bits per heavy atom. The van der Waals surface area contributed by atoms with Crippen LogP contribution in [0.15, 0.2) is 30.3 Å². The largest absolute Gasteiger partial charge is 0.392 e. The van der Waals surface area contributed by atoms with E-state index >= 15 is 0 Å². The summed E-state index contributed by atoms with van der Waals surface area (Å²) in [5.74, 6) is -0.955. The Hall–Kier alpha value is -1.64. The molecule has 1 saturated heterocycles. The SMILES string of the molecule is O=C1OC(=O)C2(c3ccccc3)CCCCC12. The Labute approximate surface area is 99.8 Å². The van der Waals surface area contributed by atoms with E-state index in [2.05, 4.69) is 0 Å². The maximum atomic E-state index is 12.1. The highest BCUT2D eigenvalue weighted by atomic mass is 16.6. The molecule has 3 rings (SSSR count). The van der Waals surface area contributed by atoms with Crippen LogP contribution in [0.3, 0.4) is 0 Å². The first kappa shape index (κ1) is 10.5. The van der Waals surface area contributed by atoms with Crippen molar-refractivity contribution in [1.82, 2.24) is 0 Å². The summed E-state index contributed by atoms with van der Waals surface area (Å²) in [6.07, 6.45) is 3.47. The minimum absolute atomic E-state index is 0.272. The lowest BCUT2D eigenvalue weighted by molar-refractivity contribution is -0.154. The second-order valence-corrected chi connectivity index (χ2v) is 4.84. The van der Waals surface area contributed by atoms with E-state index in [0.29, 0.717) is 0 Å². The molecule has 1 saturated carbocycles. The fraction of sp³-hybridized carbons (Fsp3) is 0.429. The summed E-state index contributed by atoms with van der Waals surface area (Å²) in [5, 5.41) is 0. The molecule has 0 amide bonds. The predicted molar refractivity (Wildman–Crippen MR) is 61.2 cm³/mol. The van der Waals surface area contributed by atoms with Gasteiger partial charge < -0.3 is 4.74 Å². The Kier molecular flexibility index (Phi) is 2.28. The topological polar surface area (TPSA) is 43.4 Å². The predicted octanol–water partition coefficient (Wildman–Crippen LogP) is 2.20. The molecule has 0 aromatic heterocycles. The van der Waals surface area contributed by atoms with Crippen molar-refractivity contribution in [3.05, 3.63) is 35.9 Å². The molecule has 3 heteroatoms. The van der Waals surface area contributed by atoms with Crippen molar-refractivity contribution in [2.24, 2.45) is 5.92 Å². The van der Waals surface area contributed by atoms with Crippen LogP contribution in [0.4, 0.5) is 0 Å². The van der Waals surface area contributed by atoms with E-state index < -0.39 is 5.41 Å². The van der Waals surface area contributed by atoms with Crippen LogP contribution in [0.2, 0.25) is 0 Å². The summed E-state index contributed by atoms with van der Waals surface area (Å²) in [4.78, 5) is 23.9. The first-order chi connectivity index (χ1) is 8.25. The maximum Gasteiger partial charge on any atom is 0.325 e. The van der Waals surface area contributed by atoms with Crippen molar-refractivity contribution in [2.75, 3.05) is 0 Å². The van der Waals surface area contributed by atoms with Crippen LogP contribution >= 0.6 is 0 Å². The number of hydrogen-bond acceptors (Lipinski definition) is 3. The van der Waals surface area contributed by atoms with Gasteiger partial charge in [0.15, 0.2) is 0 Å². The van der Waals surface area contributed by atoms with Gasteiger partial charge in [0.25, 0.3) is 0 Å². The molecule has 0 bridgehead atoms. The minimum Gasteiger partial charge on any atom is -0.392 e. The summed E-state index contributed by atoms with van der Waals surface area (Å²) in [6, 6.07) is 9.59. The molecular formula is C14H14O3.